The molecule has 0 saturated carbocycles. The first kappa shape index (κ1) is 25.5. The summed E-state index contributed by atoms with van der Waals surface area (Å²) in [7, 11) is 2.82. The molecule has 10 heteroatoms. The zero-order chi connectivity index (χ0) is 27.0. The number of aromatic nitrogens is 1. The Labute approximate surface area is 222 Å². The number of aryl methyl sites for hydroxylation is 1. The molecule has 0 bridgehead atoms. The lowest BCUT2D eigenvalue weighted by Gasteiger charge is -2.23. The van der Waals surface area contributed by atoms with E-state index in [9.17, 15) is 14.4 Å². The van der Waals surface area contributed by atoms with Gasteiger partial charge in [0.05, 0.1) is 43.5 Å². The maximum Gasteiger partial charge on any atom is 0.350 e. The normalized spacial score (nSPS) is 14.6. The molecule has 196 valence electrons. The van der Waals surface area contributed by atoms with Crippen LogP contribution in [0.25, 0.3) is 11.0 Å². The van der Waals surface area contributed by atoms with Crippen LogP contribution in [0, 0.1) is 6.92 Å². The van der Waals surface area contributed by atoms with Gasteiger partial charge in [0.1, 0.15) is 10.5 Å². The van der Waals surface area contributed by atoms with Gasteiger partial charge in [-0.15, -0.1) is 0 Å². The molecule has 4 aromatic rings. The highest BCUT2D eigenvalue weighted by Crippen LogP contribution is 2.44. The summed E-state index contributed by atoms with van der Waals surface area (Å²) in [6, 6.07) is 11.2. The van der Waals surface area contributed by atoms with Gasteiger partial charge in [0, 0.05) is 0 Å². The largest absolute Gasteiger partial charge is 0.493 e. The second kappa shape index (κ2) is 10.3. The van der Waals surface area contributed by atoms with Crippen molar-refractivity contribution in [2.24, 2.45) is 0 Å². The summed E-state index contributed by atoms with van der Waals surface area (Å²) in [5.74, 6) is -0.115. The maximum atomic E-state index is 13.8. The summed E-state index contributed by atoms with van der Waals surface area (Å²) in [4.78, 5) is 46.1. The van der Waals surface area contributed by atoms with Crippen molar-refractivity contribution in [2.75, 3.05) is 25.7 Å². The van der Waals surface area contributed by atoms with Crippen LogP contribution in [0.5, 0.6) is 11.5 Å². The molecule has 1 unspecified atom stereocenters. The number of fused-ring (bicyclic) bond motifs is 2. The van der Waals surface area contributed by atoms with Crippen LogP contribution in [0.3, 0.4) is 0 Å². The highest BCUT2D eigenvalue weighted by molar-refractivity contribution is 7.17. The van der Waals surface area contributed by atoms with Crippen LogP contribution in [0.1, 0.15) is 62.9 Å². The lowest BCUT2D eigenvalue weighted by atomic mass is 9.98. The molecule has 1 aliphatic heterocycles. The second-order valence-electron chi connectivity index (χ2n) is 8.76. The molecule has 2 aromatic heterocycles. The Hall–Kier alpha value is -4.18. The second-order valence-corrected chi connectivity index (χ2v) is 9.74. The topological polar surface area (TPSA) is 108 Å². The van der Waals surface area contributed by atoms with E-state index in [0.717, 1.165) is 24.2 Å². The number of esters is 1. The average molecular weight is 535 g/mol. The molecule has 1 atom stereocenters. The SMILES string of the molecule is CCCCOc1ccc(C2c3c(oc4ccccc4c3=O)C(=O)N2c2nc(C)c(C(=O)OC)s2)cc1OC. The monoisotopic (exact) mass is 534 g/mol. The van der Waals surface area contributed by atoms with Crippen molar-refractivity contribution in [3.05, 3.63) is 80.1 Å². The lowest BCUT2D eigenvalue weighted by molar-refractivity contribution is 0.0605. The van der Waals surface area contributed by atoms with Crippen LogP contribution >= 0.6 is 11.3 Å². The third kappa shape index (κ3) is 4.20. The molecule has 0 spiro atoms. The molecule has 38 heavy (non-hydrogen) atoms. The Morgan fingerprint density at radius 2 is 1.92 bits per heavy atom. The number of hydrogen-bond acceptors (Lipinski definition) is 9. The average Bonchev–Trinajstić information content (AvgIpc) is 3.45. The van der Waals surface area contributed by atoms with E-state index in [2.05, 4.69) is 11.9 Å². The van der Waals surface area contributed by atoms with Crippen LogP contribution in [0.2, 0.25) is 0 Å². The molecule has 0 fully saturated rings. The summed E-state index contributed by atoms with van der Waals surface area (Å²) in [5, 5.41) is 0.609. The number of carbonyl (C=O) groups excluding carboxylic acids is 2. The molecular formula is C28H26N2O7S. The zero-order valence-corrected chi connectivity index (χ0v) is 22.2. The number of amides is 1. The molecule has 0 aliphatic carbocycles. The molecule has 0 saturated heterocycles. The van der Waals surface area contributed by atoms with Crippen LogP contribution in [0.4, 0.5) is 5.13 Å². The van der Waals surface area contributed by atoms with Crippen molar-refractivity contribution in [3.8, 4) is 11.5 Å². The van der Waals surface area contributed by atoms with Crippen molar-refractivity contribution < 1.29 is 28.2 Å². The number of anilines is 1. The Bertz CT molecular complexity index is 1610. The molecule has 9 nitrogen and oxygen atoms in total. The van der Waals surface area contributed by atoms with E-state index in [1.807, 2.05) is 0 Å². The molecule has 0 N–H and O–H groups in total. The van der Waals surface area contributed by atoms with E-state index < -0.39 is 17.9 Å². The van der Waals surface area contributed by atoms with Gasteiger partial charge in [-0.3, -0.25) is 14.5 Å². The van der Waals surface area contributed by atoms with E-state index in [1.54, 1.807) is 49.4 Å². The minimum atomic E-state index is -0.868. The zero-order valence-electron chi connectivity index (χ0n) is 21.4. The Morgan fingerprint density at radius 1 is 1.13 bits per heavy atom. The summed E-state index contributed by atoms with van der Waals surface area (Å²) in [6.07, 6.45) is 1.88. The van der Waals surface area contributed by atoms with Crippen molar-refractivity contribution in [1.82, 2.24) is 4.98 Å². The minimum absolute atomic E-state index is 0.0617. The standard InChI is InChI=1S/C28H26N2O7S/c1-5-6-13-36-19-12-11-16(14-20(19)34-3)22-21-23(31)17-9-7-8-10-18(17)37-24(21)26(32)30(22)28-29-15(2)25(38-28)27(33)35-4/h7-12,14,22H,5-6,13H2,1-4H3. The first-order chi connectivity index (χ1) is 18.4. The maximum absolute atomic E-state index is 13.8. The van der Waals surface area contributed by atoms with Gasteiger partial charge in [-0.25, -0.2) is 9.78 Å². The van der Waals surface area contributed by atoms with Gasteiger partial charge >= 0.3 is 5.97 Å². The number of para-hydroxylation sites is 1. The van der Waals surface area contributed by atoms with E-state index >= 15 is 0 Å². The predicted molar refractivity (Wildman–Crippen MR) is 143 cm³/mol. The number of rotatable bonds is 8. The predicted octanol–water partition coefficient (Wildman–Crippen LogP) is 5.28. The van der Waals surface area contributed by atoms with Crippen molar-refractivity contribution in [3.63, 3.8) is 0 Å². The van der Waals surface area contributed by atoms with Gasteiger partial charge in [-0.05, 0) is 43.2 Å². The molecular weight excluding hydrogens is 508 g/mol. The number of ether oxygens (including phenoxy) is 3. The Kier molecular flexibility index (Phi) is 6.90. The third-order valence-electron chi connectivity index (χ3n) is 6.40. The number of nitrogens with zero attached hydrogens (tertiary/aromatic N) is 2. The first-order valence-corrected chi connectivity index (χ1v) is 13.0. The lowest BCUT2D eigenvalue weighted by Crippen LogP contribution is -2.29. The van der Waals surface area contributed by atoms with Gasteiger partial charge in [-0.2, -0.15) is 0 Å². The van der Waals surface area contributed by atoms with Gasteiger partial charge in [-0.1, -0.05) is 42.9 Å². The molecule has 3 heterocycles. The van der Waals surface area contributed by atoms with Crippen LogP contribution in [-0.4, -0.2) is 37.7 Å². The van der Waals surface area contributed by atoms with E-state index in [4.69, 9.17) is 18.6 Å². The molecule has 1 amide bonds. The van der Waals surface area contributed by atoms with Gasteiger partial charge in [0.25, 0.3) is 5.91 Å². The Balaban J connectivity index is 1.71. The fraction of sp³-hybridized carbons (Fsp3) is 0.286. The molecule has 0 radical (unpaired) electrons. The molecule has 2 aromatic carbocycles. The first-order valence-electron chi connectivity index (χ1n) is 12.1. The smallest absolute Gasteiger partial charge is 0.350 e. The van der Waals surface area contributed by atoms with Crippen LogP contribution < -0.4 is 19.8 Å². The van der Waals surface area contributed by atoms with E-state index in [0.29, 0.717) is 40.3 Å². The van der Waals surface area contributed by atoms with Gasteiger partial charge < -0.3 is 18.6 Å². The highest BCUT2D eigenvalue weighted by atomic mass is 32.1. The van der Waals surface area contributed by atoms with Crippen LogP contribution in [-0.2, 0) is 4.74 Å². The number of hydrogen-bond donors (Lipinski definition) is 0. The summed E-state index contributed by atoms with van der Waals surface area (Å²) >= 11 is 1.02. The fourth-order valence-electron chi connectivity index (χ4n) is 4.50. The highest BCUT2D eigenvalue weighted by Gasteiger charge is 2.45. The number of carbonyl (C=O) groups is 2. The summed E-state index contributed by atoms with van der Waals surface area (Å²) < 4.78 is 22.3. The van der Waals surface area contributed by atoms with Crippen molar-refractivity contribution in [1.29, 1.82) is 0 Å². The van der Waals surface area contributed by atoms with Gasteiger partial charge in [0.2, 0.25) is 5.76 Å². The molecule has 1 aliphatic rings. The number of thiazole rings is 1. The number of methoxy groups -OCH3 is 2. The minimum Gasteiger partial charge on any atom is -0.493 e. The van der Waals surface area contributed by atoms with Crippen molar-refractivity contribution >= 4 is 39.3 Å². The quantitative estimate of drug-likeness (QED) is 0.222. The number of unbranched alkanes of at least 4 members (excludes halogenated alkanes) is 1. The van der Waals surface area contributed by atoms with Crippen molar-refractivity contribution in [2.45, 2.75) is 32.7 Å². The third-order valence-corrected chi connectivity index (χ3v) is 7.54. The fourth-order valence-corrected chi connectivity index (χ4v) is 5.51. The molecule has 5 rings (SSSR count). The summed E-state index contributed by atoms with van der Waals surface area (Å²) in [5.41, 5.74) is 1.22. The van der Waals surface area contributed by atoms with Crippen LogP contribution in [0.15, 0.2) is 51.7 Å². The Morgan fingerprint density at radius 3 is 2.66 bits per heavy atom. The van der Waals surface area contributed by atoms with E-state index in [1.165, 1.54) is 19.1 Å². The summed E-state index contributed by atoms with van der Waals surface area (Å²) in [6.45, 7) is 4.28. The van der Waals surface area contributed by atoms with Gasteiger partial charge in [0.15, 0.2) is 22.1 Å². The van der Waals surface area contributed by atoms with E-state index in [-0.39, 0.29) is 26.8 Å². The number of benzene rings is 2.